The molecule has 0 atom stereocenters. The molecular weight excluding hydrogens is 358 g/mol. The van der Waals surface area contributed by atoms with E-state index in [0.717, 1.165) is 19.1 Å². The Bertz CT molecular complexity index is 915. The van der Waals surface area contributed by atoms with Crippen molar-refractivity contribution in [3.05, 3.63) is 60.3 Å². The molecule has 28 heavy (non-hydrogen) atoms. The number of carbonyl (C=O) groups is 2. The van der Waals surface area contributed by atoms with Crippen molar-refractivity contribution in [3.8, 4) is 0 Å². The average Bonchev–Trinajstić information content (AvgIpc) is 3.06. The van der Waals surface area contributed by atoms with Crippen LogP contribution < -0.4 is 16.4 Å². The molecule has 0 spiro atoms. The standard InChI is InChI=1S/C19H23N7O2/c1-3-4-5-9-22-19(28)17-16(12-26(2)25-17)24-18(27)15-8-6-7-14(23-15)13(10-20)11-21/h3,6-8,10-12,20H,1,4-5,9,21H2,2H3,(H,22,28)(H,24,27)/b13-11+,20-10?. The van der Waals surface area contributed by atoms with Crippen molar-refractivity contribution in [1.82, 2.24) is 20.1 Å². The average molecular weight is 381 g/mol. The number of hydrogen-bond acceptors (Lipinski definition) is 6. The van der Waals surface area contributed by atoms with E-state index in [1.165, 1.54) is 16.9 Å². The molecule has 2 rings (SSSR count). The Labute approximate surface area is 162 Å². The van der Waals surface area contributed by atoms with Gasteiger partial charge in [0.25, 0.3) is 11.8 Å². The quantitative estimate of drug-likeness (QED) is 0.297. The van der Waals surface area contributed by atoms with E-state index in [-0.39, 0.29) is 23.0 Å². The van der Waals surface area contributed by atoms with Crippen LogP contribution in [0.15, 0.2) is 43.3 Å². The maximum Gasteiger partial charge on any atom is 0.274 e. The fraction of sp³-hybridized carbons (Fsp3) is 0.211. The Morgan fingerprint density at radius 3 is 2.75 bits per heavy atom. The molecule has 2 heterocycles. The summed E-state index contributed by atoms with van der Waals surface area (Å²) in [4.78, 5) is 29.2. The minimum atomic E-state index is -0.503. The summed E-state index contributed by atoms with van der Waals surface area (Å²) in [6, 6.07) is 4.82. The summed E-state index contributed by atoms with van der Waals surface area (Å²) in [5.74, 6) is -0.879. The van der Waals surface area contributed by atoms with Gasteiger partial charge >= 0.3 is 0 Å². The molecule has 0 bridgehead atoms. The Balaban J connectivity index is 2.16. The van der Waals surface area contributed by atoms with Crippen molar-refractivity contribution in [3.63, 3.8) is 0 Å². The second-order valence-electron chi connectivity index (χ2n) is 5.88. The minimum absolute atomic E-state index is 0.118. The lowest BCUT2D eigenvalue weighted by Gasteiger charge is -2.07. The highest BCUT2D eigenvalue weighted by molar-refractivity contribution is 6.09. The van der Waals surface area contributed by atoms with Crippen LogP contribution >= 0.6 is 0 Å². The molecule has 0 fully saturated rings. The van der Waals surface area contributed by atoms with E-state index < -0.39 is 5.91 Å². The van der Waals surface area contributed by atoms with Gasteiger partial charge in [-0.25, -0.2) is 4.98 Å². The molecule has 0 aromatic carbocycles. The molecule has 0 saturated carbocycles. The minimum Gasteiger partial charge on any atom is -0.404 e. The fourth-order valence-electron chi connectivity index (χ4n) is 2.40. The lowest BCUT2D eigenvalue weighted by Crippen LogP contribution is -2.26. The van der Waals surface area contributed by atoms with E-state index in [1.54, 1.807) is 31.5 Å². The summed E-state index contributed by atoms with van der Waals surface area (Å²) >= 11 is 0. The fourth-order valence-corrected chi connectivity index (χ4v) is 2.40. The van der Waals surface area contributed by atoms with Crippen LogP contribution in [0.5, 0.6) is 0 Å². The molecule has 2 amide bonds. The first-order chi connectivity index (χ1) is 13.5. The van der Waals surface area contributed by atoms with Gasteiger partial charge in [0, 0.05) is 37.8 Å². The third-order valence-electron chi connectivity index (χ3n) is 3.78. The first-order valence-electron chi connectivity index (χ1n) is 8.64. The Kier molecular flexibility index (Phi) is 7.21. The Hall–Kier alpha value is -3.75. The highest BCUT2D eigenvalue weighted by Gasteiger charge is 2.19. The number of allylic oxidation sites excluding steroid dienone is 2. The first kappa shape index (κ1) is 20.6. The number of nitrogens with one attached hydrogen (secondary N) is 3. The Morgan fingerprint density at radius 1 is 1.32 bits per heavy atom. The van der Waals surface area contributed by atoms with Crippen LogP contribution in [0, 0.1) is 5.41 Å². The van der Waals surface area contributed by atoms with Crippen molar-refractivity contribution in [2.24, 2.45) is 12.8 Å². The van der Waals surface area contributed by atoms with Gasteiger partial charge in [0.2, 0.25) is 0 Å². The smallest absolute Gasteiger partial charge is 0.274 e. The molecule has 9 heteroatoms. The number of aromatic nitrogens is 3. The lowest BCUT2D eigenvalue weighted by atomic mass is 10.2. The van der Waals surface area contributed by atoms with Crippen LogP contribution in [0.4, 0.5) is 5.69 Å². The topological polar surface area (TPSA) is 139 Å². The predicted octanol–water partition coefficient (Wildman–Crippen LogP) is 1.71. The van der Waals surface area contributed by atoms with Crippen molar-refractivity contribution in [1.29, 1.82) is 5.41 Å². The highest BCUT2D eigenvalue weighted by Crippen LogP contribution is 2.15. The van der Waals surface area contributed by atoms with Gasteiger partial charge in [-0.3, -0.25) is 14.3 Å². The summed E-state index contributed by atoms with van der Waals surface area (Å²) < 4.78 is 1.45. The second kappa shape index (κ2) is 9.81. The monoisotopic (exact) mass is 381 g/mol. The van der Waals surface area contributed by atoms with Gasteiger partial charge in [-0.15, -0.1) is 6.58 Å². The molecule has 5 N–H and O–H groups in total. The number of anilines is 1. The maximum atomic E-state index is 12.6. The van der Waals surface area contributed by atoms with Gasteiger partial charge in [-0.05, 0) is 25.0 Å². The number of nitrogens with zero attached hydrogens (tertiary/aromatic N) is 3. The molecule has 0 aliphatic rings. The van der Waals surface area contributed by atoms with Crippen LogP contribution in [0.2, 0.25) is 0 Å². The molecule has 0 aliphatic carbocycles. The zero-order valence-corrected chi connectivity index (χ0v) is 15.6. The number of aryl methyl sites for hydroxylation is 1. The van der Waals surface area contributed by atoms with E-state index in [4.69, 9.17) is 11.1 Å². The number of unbranched alkanes of at least 4 members (excludes halogenated alkanes) is 1. The summed E-state index contributed by atoms with van der Waals surface area (Å²) in [6.07, 6.45) is 7.19. The van der Waals surface area contributed by atoms with Crippen LogP contribution in [-0.2, 0) is 7.05 Å². The van der Waals surface area contributed by atoms with Gasteiger partial charge in [-0.2, -0.15) is 5.10 Å². The number of rotatable bonds is 9. The molecule has 9 nitrogen and oxygen atoms in total. The van der Waals surface area contributed by atoms with Crippen LogP contribution in [0.1, 0.15) is 39.5 Å². The first-order valence-corrected chi connectivity index (χ1v) is 8.64. The number of pyridine rings is 1. The number of nitrogens with two attached hydrogens (primary N) is 1. The largest absolute Gasteiger partial charge is 0.404 e. The van der Waals surface area contributed by atoms with E-state index in [1.807, 2.05) is 0 Å². The lowest BCUT2D eigenvalue weighted by molar-refractivity contribution is 0.0948. The number of hydrogen-bond donors (Lipinski definition) is 4. The van der Waals surface area contributed by atoms with Crippen molar-refractivity contribution < 1.29 is 9.59 Å². The van der Waals surface area contributed by atoms with E-state index in [9.17, 15) is 9.59 Å². The molecule has 2 aromatic heterocycles. The normalized spacial score (nSPS) is 11.0. The maximum absolute atomic E-state index is 12.6. The second-order valence-corrected chi connectivity index (χ2v) is 5.88. The zero-order chi connectivity index (χ0) is 20.5. The summed E-state index contributed by atoms with van der Waals surface area (Å²) in [6.45, 7) is 4.12. The summed E-state index contributed by atoms with van der Waals surface area (Å²) in [5, 5.41) is 16.9. The SMILES string of the molecule is C=CCCCNC(=O)c1nn(C)cc1NC(=O)c1cccc(/C(C=N)=C/N)n1. The van der Waals surface area contributed by atoms with E-state index in [2.05, 4.69) is 27.3 Å². The van der Waals surface area contributed by atoms with Crippen LogP contribution in [0.3, 0.4) is 0 Å². The van der Waals surface area contributed by atoms with Crippen molar-refractivity contribution in [2.45, 2.75) is 12.8 Å². The molecule has 146 valence electrons. The highest BCUT2D eigenvalue weighted by atomic mass is 16.2. The van der Waals surface area contributed by atoms with Crippen LogP contribution in [0.25, 0.3) is 5.57 Å². The molecule has 0 saturated heterocycles. The van der Waals surface area contributed by atoms with Gasteiger partial charge in [0.05, 0.1) is 11.4 Å². The molecule has 0 unspecified atom stereocenters. The summed E-state index contributed by atoms with van der Waals surface area (Å²) in [5.41, 5.74) is 6.77. The van der Waals surface area contributed by atoms with Crippen molar-refractivity contribution >= 4 is 29.3 Å². The third-order valence-corrected chi connectivity index (χ3v) is 3.78. The predicted molar refractivity (Wildman–Crippen MR) is 108 cm³/mol. The van der Waals surface area contributed by atoms with Crippen LogP contribution in [-0.4, -0.2) is 39.3 Å². The van der Waals surface area contributed by atoms with Gasteiger partial charge in [0.1, 0.15) is 5.69 Å². The molecule has 2 aromatic rings. The molecule has 0 radical (unpaired) electrons. The molecular formula is C19H23N7O2. The number of carbonyl (C=O) groups excluding carboxylic acids is 2. The van der Waals surface area contributed by atoms with Gasteiger partial charge in [-0.1, -0.05) is 12.1 Å². The summed E-state index contributed by atoms with van der Waals surface area (Å²) in [7, 11) is 1.66. The Morgan fingerprint density at radius 2 is 2.07 bits per heavy atom. The molecule has 0 aliphatic heterocycles. The number of amides is 2. The van der Waals surface area contributed by atoms with Gasteiger partial charge < -0.3 is 21.8 Å². The van der Waals surface area contributed by atoms with E-state index >= 15 is 0 Å². The van der Waals surface area contributed by atoms with Crippen molar-refractivity contribution in [2.75, 3.05) is 11.9 Å². The van der Waals surface area contributed by atoms with E-state index in [0.29, 0.717) is 17.8 Å². The van der Waals surface area contributed by atoms with Gasteiger partial charge in [0.15, 0.2) is 5.69 Å². The zero-order valence-electron chi connectivity index (χ0n) is 15.6. The third kappa shape index (κ3) is 5.13.